The van der Waals surface area contributed by atoms with Crippen LogP contribution in [0.4, 0.5) is 0 Å². The number of piperazine rings is 1. The van der Waals surface area contributed by atoms with E-state index in [-0.39, 0.29) is 5.91 Å². The molecule has 0 spiro atoms. The molecule has 0 saturated carbocycles. The molecule has 1 aliphatic heterocycles. The Bertz CT molecular complexity index is 915. The molecule has 1 fully saturated rings. The van der Waals surface area contributed by atoms with E-state index >= 15 is 0 Å². The lowest BCUT2D eigenvalue weighted by atomic mass is 10.2. The van der Waals surface area contributed by atoms with E-state index in [1.807, 2.05) is 36.1 Å². The number of aromatic nitrogens is 1. The minimum Gasteiger partial charge on any atom is -0.459 e. The summed E-state index contributed by atoms with van der Waals surface area (Å²) < 4.78 is 5.57. The Kier molecular flexibility index (Phi) is 6.14. The second-order valence-electron chi connectivity index (χ2n) is 6.80. The van der Waals surface area contributed by atoms with E-state index in [1.54, 1.807) is 29.4 Å². The summed E-state index contributed by atoms with van der Waals surface area (Å²) in [6.45, 7) is 6.03. The van der Waals surface area contributed by atoms with Crippen LogP contribution in [-0.2, 0) is 12.3 Å². The van der Waals surface area contributed by atoms with Crippen LogP contribution in [0, 0.1) is 6.92 Å². The predicted octanol–water partition coefficient (Wildman–Crippen LogP) is 4.29. The number of rotatable bonds is 6. The van der Waals surface area contributed by atoms with Crippen LogP contribution < -0.4 is 0 Å². The van der Waals surface area contributed by atoms with Gasteiger partial charge < -0.3 is 9.32 Å². The summed E-state index contributed by atoms with van der Waals surface area (Å²) in [5.74, 6) is 1.20. The van der Waals surface area contributed by atoms with Gasteiger partial charge in [-0.1, -0.05) is 18.2 Å². The molecule has 28 heavy (non-hydrogen) atoms. The molecule has 1 saturated heterocycles. The van der Waals surface area contributed by atoms with Gasteiger partial charge in [-0.3, -0.25) is 9.69 Å². The average Bonchev–Trinajstić information content (AvgIpc) is 3.36. The smallest absolute Gasteiger partial charge is 0.289 e. The topological polar surface area (TPSA) is 49.6 Å². The Morgan fingerprint density at radius 3 is 2.68 bits per heavy atom. The summed E-state index contributed by atoms with van der Waals surface area (Å²) in [5.41, 5.74) is 2.08. The maximum absolute atomic E-state index is 13.0. The number of hydrogen-bond acceptors (Lipinski definition) is 6. The number of amides is 1. The van der Waals surface area contributed by atoms with Crippen LogP contribution in [0.3, 0.4) is 0 Å². The van der Waals surface area contributed by atoms with Crippen LogP contribution in [0.5, 0.6) is 0 Å². The van der Waals surface area contributed by atoms with Gasteiger partial charge in [0.1, 0.15) is 0 Å². The maximum atomic E-state index is 13.0. The summed E-state index contributed by atoms with van der Waals surface area (Å²) >= 11 is 3.40. The Balaban J connectivity index is 1.32. The molecule has 146 valence electrons. The minimum absolute atomic E-state index is 0.00202. The van der Waals surface area contributed by atoms with Crippen molar-refractivity contribution in [2.24, 2.45) is 0 Å². The summed E-state index contributed by atoms with van der Waals surface area (Å²) in [4.78, 5) is 22.9. The molecule has 0 unspecified atom stereocenters. The number of thiazole rings is 1. The zero-order chi connectivity index (χ0) is 19.3. The fourth-order valence-electron chi connectivity index (χ4n) is 3.28. The van der Waals surface area contributed by atoms with E-state index < -0.39 is 0 Å². The van der Waals surface area contributed by atoms with Gasteiger partial charge in [0.15, 0.2) is 5.76 Å². The molecule has 0 aliphatic carbocycles. The van der Waals surface area contributed by atoms with Gasteiger partial charge in [-0.25, -0.2) is 4.98 Å². The van der Waals surface area contributed by atoms with Crippen molar-refractivity contribution in [1.82, 2.24) is 14.8 Å². The van der Waals surface area contributed by atoms with E-state index in [4.69, 9.17) is 4.42 Å². The third-order valence-corrected chi connectivity index (χ3v) is 6.67. The van der Waals surface area contributed by atoms with E-state index in [2.05, 4.69) is 27.4 Å². The van der Waals surface area contributed by atoms with Crippen LogP contribution in [0.25, 0.3) is 0 Å². The zero-order valence-electron chi connectivity index (χ0n) is 15.8. The second kappa shape index (κ2) is 8.94. The average molecular weight is 414 g/mol. The molecule has 4 rings (SSSR count). The number of nitrogens with zero attached hydrogens (tertiary/aromatic N) is 3. The van der Waals surface area contributed by atoms with Crippen molar-refractivity contribution in [3.63, 3.8) is 0 Å². The van der Waals surface area contributed by atoms with Gasteiger partial charge in [0, 0.05) is 54.3 Å². The first-order chi connectivity index (χ1) is 13.7. The second-order valence-corrected chi connectivity index (χ2v) is 8.91. The van der Waals surface area contributed by atoms with Gasteiger partial charge in [0.25, 0.3) is 5.91 Å². The maximum Gasteiger partial charge on any atom is 0.289 e. The number of aryl methyl sites for hydroxylation is 1. The molecule has 2 aromatic heterocycles. The van der Waals surface area contributed by atoms with Crippen molar-refractivity contribution >= 4 is 29.0 Å². The van der Waals surface area contributed by atoms with Crippen molar-refractivity contribution in [1.29, 1.82) is 0 Å². The molecule has 1 aromatic carbocycles. The molecule has 5 nitrogen and oxygen atoms in total. The number of carbonyl (C=O) groups is 1. The largest absolute Gasteiger partial charge is 0.459 e. The first-order valence-electron chi connectivity index (χ1n) is 9.36. The normalized spacial score (nSPS) is 15.1. The number of hydrogen-bond donors (Lipinski definition) is 0. The third-order valence-electron chi connectivity index (χ3n) is 4.79. The van der Waals surface area contributed by atoms with Gasteiger partial charge in [0.05, 0.1) is 17.0 Å². The molecular weight excluding hydrogens is 390 g/mol. The van der Waals surface area contributed by atoms with Gasteiger partial charge in [-0.15, -0.1) is 23.1 Å². The molecule has 0 atom stereocenters. The number of benzene rings is 1. The van der Waals surface area contributed by atoms with Crippen LogP contribution in [0.15, 0.2) is 57.4 Å². The fourth-order valence-corrected chi connectivity index (χ4v) is 4.78. The van der Waals surface area contributed by atoms with E-state index in [0.29, 0.717) is 18.8 Å². The van der Waals surface area contributed by atoms with Crippen molar-refractivity contribution in [3.05, 3.63) is 70.1 Å². The zero-order valence-corrected chi connectivity index (χ0v) is 17.5. The Morgan fingerprint density at radius 2 is 1.96 bits per heavy atom. The highest BCUT2D eigenvalue weighted by atomic mass is 32.2. The molecule has 1 aliphatic rings. The predicted molar refractivity (Wildman–Crippen MR) is 113 cm³/mol. The molecule has 1 amide bonds. The first kappa shape index (κ1) is 19.2. The SMILES string of the molecule is Cc1nc(CN2CCN(C(=O)c3occc3CSc3ccccc3)CC2)cs1. The van der Waals surface area contributed by atoms with Crippen molar-refractivity contribution in [2.45, 2.75) is 24.1 Å². The minimum atomic E-state index is -0.00202. The molecule has 3 heterocycles. The summed E-state index contributed by atoms with van der Waals surface area (Å²) in [7, 11) is 0. The molecule has 0 radical (unpaired) electrons. The molecule has 0 N–H and O–H groups in total. The molecule has 3 aromatic rings. The summed E-state index contributed by atoms with van der Waals surface area (Å²) in [6, 6.07) is 12.1. The van der Waals surface area contributed by atoms with Crippen LogP contribution in [0.1, 0.15) is 26.8 Å². The van der Waals surface area contributed by atoms with Gasteiger partial charge in [0.2, 0.25) is 0 Å². The molecule has 0 bridgehead atoms. The monoisotopic (exact) mass is 413 g/mol. The Hall–Kier alpha value is -2.09. The van der Waals surface area contributed by atoms with Crippen molar-refractivity contribution < 1.29 is 9.21 Å². The van der Waals surface area contributed by atoms with E-state index in [1.165, 1.54) is 4.90 Å². The van der Waals surface area contributed by atoms with Gasteiger partial charge in [-0.2, -0.15) is 0 Å². The highest BCUT2D eigenvalue weighted by molar-refractivity contribution is 7.98. The number of furan rings is 1. The van der Waals surface area contributed by atoms with E-state index in [0.717, 1.165) is 41.7 Å². The standard InChI is InChI=1S/C21H23N3O2S2/c1-16-22-18(15-27-16)13-23-8-10-24(11-9-23)21(25)20-17(7-12-26-20)14-28-19-5-3-2-4-6-19/h2-7,12,15H,8-11,13-14H2,1H3. The highest BCUT2D eigenvalue weighted by Crippen LogP contribution is 2.26. The van der Waals surface area contributed by atoms with Crippen LogP contribution >= 0.6 is 23.1 Å². The Morgan fingerprint density at radius 1 is 1.18 bits per heavy atom. The number of thioether (sulfide) groups is 1. The van der Waals surface area contributed by atoms with Crippen molar-refractivity contribution in [2.75, 3.05) is 26.2 Å². The summed E-state index contributed by atoms with van der Waals surface area (Å²) in [6.07, 6.45) is 1.62. The van der Waals surface area contributed by atoms with Crippen molar-refractivity contribution in [3.8, 4) is 0 Å². The lowest BCUT2D eigenvalue weighted by molar-refractivity contribution is 0.0595. The fraction of sp³-hybridized carbons (Fsp3) is 0.333. The lowest BCUT2D eigenvalue weighted by Crippen LogP contribution is -2.48. The number of carbonyl (C=O) groups excluding carboxylic acids is 1. The Labute approximate surface area is 173 Å². The van der Waals surface area contributed by atoms with Crippen LogP contribution in [0.2, 0.25) is 0 Å². The van der Waals surface area contributed by atoms with Gasteiger partial charge >= 0.3 is 0 Å². The lowest BCUT2D eigenvalue weighted by Gasteiger charge is -2.34. The van der Waals surface area contributed by atoms with E-state index in [9.17, 15) is 4.79 Å². The molecule has 7 heteroatoms. The summed E-state index contributed by atoms with van der Waals surface area (Å²) in [5, 5.41) is 3.22. The first-order valence-corrected chi connectivity index (χ1v) is 11.2. The highest BCUT2D eigenvalue weighted by Gasteiger charge is 2.26. The molecular formula is C21H23N3O2S2. The van der Waals surface area contributed by atoms with Gasteiger partial charge in [-0.05, 0) is 25.1 Å². The quantitative estimate of drug-likeness (QED) is 0.564. The van der Waals surface area contributed by atoms with Crippen LogP contribution in [-0.4, -0.2) is 46.9 Å². The third kappa shape index (κ3) is 4.66.